The highest BCUT2D eigenvalue weighted by molar-refractivity contribution is 7.80. The summed E-state index contributed by atoms with van der Waals surface area (Å²) < 4.78 is 13.8. The number of thiocarbonyl (C=S) groups is 1. The summed E-state index contributed by atoms with van der Waals surface area (Å²) >= 11 is 5.71. The Bertz CT molecular complexity index is 843. The van der Waals surface area contributed by atoms with Crippen LogP contribution in [-0.4, -0.2) is 10.4 Å². The normalized spacial score (nSPS) is 25.2. The number of para-hydroxylation sites is 1. The van der Waals surface area contributed by atoms with Gasteiger partial charge in [0.1, 0.15) is 5.82 Å². The molecule has 4 rings (SSSR count). The summed E-state index contributed by atoms with van der Waals surface area (Å²) in [7, 11) is 0. The summed E-state index contributed by atoms with van der Waals surface area (Å²) in [5, 5.41) is 12.7. The summed E-state index contributed by atoms with van der Waals surface area (Å²) in [6.45, 7) is 0. The fraction of sp³-hybridized carbons (Fsp3) is 0.300. The lowest BCUT2D eigenvalue weighted by atomic mass is 9.71. The van der Waals surface area contributed by atoms with E-state index in [9.17, 15) is 4.39 Å². The Morgan fingerprint density at radius 3 is 2.88 bits per heavy atom. The van der Waals surface area contributed by atoms with Gasteiger partial charge in [0, 0.05) is 17.0 Å². The average molecular weight is 336 g/mol. The van der Waals surface area contributed by atoms with E-state index in [1.807, 2.05) is 18.2 Å². The number of nitrogens with zero attached hydrogens (tertiary/aromatic N) is 1. The van der Waals surface area contributed by atoms with E-state index in [-0.39, 0.29) is 17.3 Å². The number of fused-ring (bicyclic) bond motifs is 1. The van der Waals surface area contributed by atoms with Gasteiger partial charge in [0.05, 0.1) is 17.2 Å². The number of halogens is 1. The van der Waals surface area contributed by atoms with E-state index < -0.39 is 0 Å². The van der Waals surface area contributed by atoms with Gasteiger partial charge >= 0.3 is 0 Å². The van der Waals surface area contributed by atoms with Crippen LogP contribution >= 0.6 is 12.2 Å². The van der Waals surface area contributed by atoms with E-state index in [0.717, 1.165) is 41.8 Å². The Morgan fingerprint density at radius 1 is 1.25 bits per heavy atom. The maximum absolute atomic E-state index is 13.8. The van der Waals surface area contributed by atoms with Crippen molar-refractivity contribution in [2.75, 3.05) is 5.32 Å². The first kappa shape index (κ1) is 15.3. The molecule has 2 nitrogen and oxygen atoms in total. The molecule has 2 aliphatic rings. The molecule has 1 saturated carbocycles. The number of nitrogens with one attached hydrogen (secondary N) is 1. The molecule has 4 heteroatoms. The van der Waals surface area contributed by atoms with Crippen molar-refractivity contribution < 1.29 is 4.39 Å². The topological polar surface area (TPSA) is 35.8 Å². The Hall–Kier alpha value is -2.25. The summed E-state index contributed by atoms with van der Waals surface area (Å²) in [6.07, 6.45) is 3.49. The Morgan fingerprint density at radius 2 is 2.08 bits per heavy atom. The predicted molar refractivity (Wildman–Crippen MR) is 96.8 cm³/mol. The molecule has 0 bridgehead atoms. The molecular formula is C20H17FN2S. The zero-order valence-corrected chi connectivity index (χ0v) is 14.0. The van der Waals surface area contributed by atoms with E-state index >= 15 is 0 Å². The van der Waals surface area contributed by atoms with Gasteiger partial charge in [0.2, 0.25) is 0 Å². The van der Waals surface area contributed by atoms with Crippen LogP contribution in [0.5, 0.6) is 0 Å². The lowest BCUT2D eigenvalue weighted by Crippen LogP contribution is -2.48. The molecule has 2 aromatic carbocycles. The van der Waals surface area contributed by atoms with E-state index in [4.69, 9.17) is 17.5 Å². The molecule has 1 aliphatic heterocycles. The molecule has 2 unspecified atom stereocenters. The minimum Gasteiger partial charge on any atom is -0.374 e. The van der Waals surface area contributed by atoms with Gasteiger partial charge in [-0.05, 0) is 60.6 Å². The summed E-state index contributed by atoms with van der Waals surface area (Å²) in [6, 6.07) is 15.0. The standard InChI is InChI=1S/C20H17FN2S/c21-17-8-13(12-22)7-16(9-17)14-5-6-19(24)20(10-14)11-15-3-1-2-4-18(15)23-20/h1-4,7-9,14,23H,5-6,10-11H2. The zero-order valence-electron chi connectivity index (χ0n) is 13.2. The van der Waals surface area contributed by atoms with Crippen molar-refractivity contribution in [2.24, 2.45) is 0 Å². The third-order valence-electron chi connectivity index (χ3n) is 5.25. The molecule has 0 amide bonds. The van der Waals surface area contributed by atoms with E-state index in [1.54, 1.807) is 6.07 Å². The van der Waals surface area contributed by atoms with Crippen LogP contribution in [0.25, 0.3) is 0 Å². The highest BCUT2D eigenvalue weighted by Crippen LogP contribution is 2.45. The van der Waals surface area contributed by atoms with Crippen LogP contribution in [0.4, 0.5) is 10.1 Å². The number of benzene rings is 2. The van der Waals surface area contributed by atoms with Gasteiger partial charge in [-0.1, -0.05) is 30.4 Å². The van der Waals surface area contributed by atoms with Gasteiger partial charge in [-0.3, -0.25) is 0 Å². The van der Waals surface area contributed by atoms with Crippen molar-refractivity contribution in [1.29, 1.82) is 5.26 Å². The largest absolute Gasteiger partial charge is 0.374 e. The van der Waals surface area contributed by atoms with Crippen LogP contribution < -0.4 is 5.32 Å². The van der Waals surface area contributed by atoms with Crippen LogP contribution in [-0.2, 0) is 6.42 Å². The fourth-order valence-electron chi connectivity index (χ4n) is 4.09. The SMILES string of the molecule is N#Cc1cc(F)cc(C2CCC(=S)C3(Cc4ccccc4N3)C2)c1. The third kappa shape index (κ3) is 2.50. The molecule has 0 saturated heterocycles. The molecule has 1 heterocycles. The number of hydrogen-bond acceptors (Lipinski definition) is 3. The zero-order chi connectivity index (χ0) is 16.7. The summed E-state index contributed by atoms with van der Waals surface area (Å²) in [5.41, 5.74) is 3.51. The Labute approximate surface area is 146 Å². The lowest BCUT2D eigenvalue weighted by Gasteiger charge is -2.39. The van der Waals surface area contributed by atoms with Crippen LogP contribution in [0.15, 0.2) is 42.5 Å². The van der Waals surface area contributed by atoms with E-state index in [2.05, 4.69) is 23.5 Å². The second-order valence-electron chi connectivity index (χ2n) is 6.79. The minimum atomic E-state index is -0.339. The highest BCUT2D eigenvalue weighted by atomic mass is 32.1. The van der Waals surface area contributed by atoms with Gasteiger partial charge in [-0.2, -0.15) is 5.26 Å². The highest BCUT2D eigenvalue weighted by Gasteiger charge is 2.44. The number of anilines is 1. The van der Waals surface area contributed by atoms with Gasteiger partial charge in [-0.25, -0.2) is 4.39 Å². The maximum Gasteiger partial charge on any atom is 0.124 e. The van der Waals surface area contributed by atoms with Crippen molar-refractivity contribution in [1.82, 2.24) is 0 Å². The third-order valence-corrected chi connectivity index (χ3v) is 5.85. The van der Waals surface area contributed by atoms with Crippen LogP contribution in [0.2, 0.25) is 0 Å². The van der Waals surface area contributed by atoms with Crippen LogP contribution in [0, 0.1) is 17.1 Å². The van der Waals surface area contributed by atoms with Gasteiger partial charge in [0.25, 0.3) is 0 Å². The van der Waals surface area contributed by atoms with Crippen LogP contribution in [0.3, 0.4) is 0 Å². The summed E-state index contributed by atoms with van der Waals surface area (Å²) in [4.78, 5) is 1.06. The first-order valence-corrected chi connectivity index (χ1v) is 8.60. The van der Waals surface area contributed by atoms with Crippen molar-refractivity contribution in [3.05, 3.63) is 65.0 Å². The predicted octanol–water partition coefficient (Wildman–Crippen LogP) is 4.74. The van der Waals surface area contributed by atoms with Crippen molar-refractivity contribution in [3.63, 3.8) is 0 Å². The second kappa shape index (κ2) is 5.68. The Balaban J connectivity index is 1.67. The molecule has 120 valence electrons. The molecule has 0 aromatic heterocycles. The minimum absolute atomic E-state index is 0.210. The van der Waals surface area contributed by atoms with Crippen LogP contribution in [0.1, 0.15) is 41.9 Å². The second-order valence-corrected chi connectivity index (χ2v) is 7.28. The first-order chi connectivity index (χ1) is 11.6. The van der Waals surface area contributed by atoms with Gasteiger partial charge in [0.15, 0.2) is 0 Å². The molecule has 2 aromatic rings. The average Bonchev–Trinajstić information content (AvgIpc) is 2.95. The molecule has 1 fully saturated rings. The van der Waals surface area contributed by atoms with Gasteiger partial charge in [-0.15, -0.1) is 0 Å². The molecule has 1 spiro atoms. The molecule has 0 radical (unpaired) electrons. The number of nitriles is 1. The lowest BCUT2D eigenvalue weighted by molar-refractivity contribution is 0.446. The number of hydrogen-bond donors (Lipinski definition) is 1. The van der Waals surface area contributed by atoms with Crippen molar-refractivity contribution >= 4 is 22.8 Å². The Kier molecular flexibility index (Phi) is 3.62. The quantitative estimate of drug-likeness (QED) is 0.764. The molecular weight excluding hydrogens is 319 g/mol. The molecule has 24 heavy (non-hydrogen) atoms. The number of rotatable bonds is 1. The fourth-order valence-corrected chi connectivity index (χ4v) is 4.42. The summed E-state index contributed by atoms with van der Waals surface area (Å²) in [5.74, 6) is -0.129. The van der Waals surface area contributed by atoms with Gasteiger partial charge < -0.3 is 5.32 Å². The van der Waals surface area contributed by atoms with E-state index in [1.165, 1.54) is 11.6 Å². The first-order valence-electron chi connectivity index (χ1n) is 8.20. The molecule has 2 atom stereocenters. The van der Waals surface area contributed by atoms with E-state index in [0.29, 0.717) is 5.56 Å². The smallest absolute Gasteiger partial charge is 0.124 e. The van der Waals surface area contributed by atoms with Crippen molar-refractivity contribution in [3.8, 4) is 6.07 Å². The molecule has 1 N–H and O–H groups in total. The van der Waals surface area contributed by atoms with Crippen molar-refractivity contribution in [2.45, 2.75) is 37.1 Å². The monoisotopic (exact) mass is 336 g/mol. The maximum atomic E-state index is 13.8. The molecule has 1 aliphatic carbocycles.